The van der Waals surface area contributed by atoms with Crippen LogP contribution in [0, 0.1) is 0 Å². The van der Waals surface area contributed by atoms with Gasteiger partial charge in [0, 0.05) is 28.9 Å². The third-order valence-corrected chi connectivity index (χ3v) is 5.81. The quantitative estimate of drug-likeness (QED) is 0.526. The Balaban J connectivity index is 0.000000858. The number of nitrogens with one attached hydrogen (secondary N) is 1. The third-order valence-electron chi connectivity index (χ3n) is 5.81. The average molecular weight is 421 g/mol. The molecule has 1 aromatic carbocycles. The van der Waals surface area contributed by atoms with Crippen molar-refractivity contribution in [2.45, 2.75) is 51.4 Å². The van der Waals surface area contributed by atoms with Gasteiger partial charge in [0.05, 0.1) is 5.52 Å². The molecule has 3 aromatic rings. The van der Waals surface area contributed by atoms with E-state index in [-0.39, 0.29) is 12.0 Å². The molecule has 1 saturated carbocycles. The second-order valence-corrected chi connectivity index (χ2v) is 7.77. The maximum atomic E-state index is 12.5. The van der Waals surface area contributed by atoms with Gasteiger partial charge in [-0.1, -0.05) is 32.0 Å². The first kappa shape index (κ1) is 22.2. The van der Waals surface area contributed by atoms with Gasteiger partial charge in [0.15, 0.2) is 0 Å². The number of carbonyl (C=O) groups is 2. The maximum Gasteiger partial charge on any atom is 0.261 e. The van der Waals surface area contributed by atoms with E-state index in [9.17, 15) is 9.59 Å². The van der Waals surface area contributed by atoms with E-state index in [4.69, 9.17) is 10.5 Å². The molecule has 0 aliphatic heterocycles. The molecule has 2 amide bonds. The van der Waals surface area contributed by atoms with Crippen LogP contribution in [-0.4, -0.2) is 22.3 Å². The lowest BCUT2D eigenvalue weighted by atomic mass is 9.86. The monoisotopic (exact) mass is 420 g/mol. The summed E-state index contributed by atoms with van der Waals surface area (Å²) in [5.41, 5.74) is 14.1. The van der Waals surface area contributed by atoms with Crippen LogP contribution in [0.1, 0.15) is 73.0 Å². The first-order valence-corrected chi connectivity index (χ1v) is 10.6. The highest BCUT2D eigenvalue weighted by Crippen LogP contribution is 2.41. The van der Waals surface area contributed by atoms with Gasteiger partial charge in [-0.3, -0.25) is 19.4 Å². The molecule has 1 fully saturated rings. The molecular formula is C24H28N4O3. The third kappa shape index (κ3) is 4.66. The lowest BCUT2D eigenvalue weighted by Gasteiger charge is -2.20. The number of nitrogens with two attached hydrogens (primary N) is 2. The summed E-state index contributed by atoms with van der Waals surface area (Å²) in [6.45, 7) is 4.35. The summed E-state index contributed by atoms with van der Waals surface area (Å²) in [6, 6.07) is 9.84. The molecule has 5 N–H and O–H groups in total. The molecule has 162 valence electrons. The van der Waals surface area contributed by atoms with E-state index in [1.165, 1.54) is 18.4 Å². The van der Waals surface area contributed by atoms with Crippen LogP contribution in [0.3, 0.4) is 0 Å². The minimum atomic E-state index is -0.718. The predicted molar refractivity (Wildman–Crippen MR) is 122 cm³/mol. The molecule has 1 aliphatic rings. The normalized spacial score (nSPS) is 13.0. The SMILES string of the molecule is CCC(CC)c1ccc2cc(C(N)=O)c(=O)[nH]c2c1-c1ccc(C2CC2)nc1.NC=O. The molecule has 7 heteroatoms. The van der Waals surface area contributed by atoms with Crippen molar-refractivity contribution >= 4 is 23.2 Å². The van der Waals surface area contributed by atoms with E-state index >= 15 is 0 Å². The van der Waals surface area contributed by atoms with Gasteiger partial charge in [0.25, 0.3) is 11.5 Å². The number of aromatic amines is 1. The fourth-order valence-electron chi connectivity index (χ4n) is 4.03. The molecule has 1 aliphatic carbocycles. The number of rotatable bonds is 6. The Labute approximate surface area is 180 Å². The zero-order valence-electron chi connectivity index (χ0n) is 17.9. The standard InChI is InChI=1S/C23H25N3O2.CH3NO/c1-3-13(4-2)17-9-7-15-11-18(22(24)27)23(28)26-21(15)20(17)16-8-10-19(25-12-16)14-5-6-14;2-1-3/h7-14H,3-6H2,1-2H3,(H2,24,27)(H,26,28);1H,(H2,2,3). The molecule has 31 heavy (non-hydrogen) atoms. The number of aromatic nitrogens is 2. The Morgan fingerprint density at radius 2 is 1.90 bits per heavy atom. The Hall–Kier alpha value is -3.48. The van der Waals surface area contributed by atoms with Crippen molar-refractivity contribution in [3.8, 4) is 11.1 Å². The van der Waals surface area contributed by atoms with Crippen molar-refractivity contribution in [1.29, 1.82) is 0 Å². The highest BCUT2D eigenvalue weighted by Gasteiger charge is 2.25. The summed E-state index contributed by atoms with van der Waals surface area (Å²) in [4.78, 5) is 40.2. The fraction of sp³-hybridized carbons (Fsp3) is 0.333. The number of benzene rings is 1. The summed E-state index contributed by atoms with van der Waals surface area (Å²) >= 11 is 0. The van der Waals surface area contributed by atoms with Crippen molar-refractivity contribution in [2.24, 2.45) is 11.5 Å². The van der Waals surface area contributed by atoms with Gasteiger partial charge in [-0.2, -0.15) is 0 Å². The molecule has 7 nitrogen and oxygen atoms in total. The van der Waals surface area contributed by atoms with Gasteiger partial charge >= 0.3 is 0 Å². The average Bonchev–Trinajstić information content (AvgIpc) is 3.60. The number of pyridine rings is 2. The first-order valence-electron chi connectivity index (χ1n) is 10.6. The second kappa shape index (κ2) is 9.55. The van der Waals surface area contributed by atoms with E-state index < -0.39 is 11.5 Å². The molecule has 0 bridgehead atoms. The molecule has 0 radical (unpaired) electrons. The summed E-state index contributed by atoms with van der Waals surface area (Å²) in [7, 11) is 0. The number of hydrogen-bond acceptors (Lipinski definition) is 4. The molecule has 2 aromatic heterocycles. The van der Waals surface area contributed by atoms with Crippen LogP contribution in [0.4, 0.5) is 0 Å². The Kier molecular flexibility index (Phi) is 6.84. The van der Waals surface area contributed by atoms with Crippen LogP contribution >= 0.6 is 0 Å². The van der Waals surface area contributed by atoms with Crippen LogP contribution in [0.25, 0.3) is 22.0 Å². The van der Waals surface area contributed by atoms with Crippen molar-refractivity contribution in [3.05, 3.63) is 63.7 Å². The van der Waals surface area contributed by atoms with E-state index in [1.807, 2.05) is 12.3 Å². The number of nitrogens with zero attached hydrogens (tertiary/aromatic N) is 1. The van der Waals surface area contributed by atoms with Gasteiger partial charge in [-0.25, -0.2) is 0 Å². The lowest BCUT2D eigenvalue weighted by molar-refractivity contribution is -0.106. The zero-order chi connectivity index (χ0) is 22.5. The maximum absolute atomic E-state index is 12.5. The lowest BCUT2D eigenvalue weighted by Crippen LogP contribution is -2.23. The van der Waals surface area contributed by atoms with E-state index in [2.05, 4.69) is 47.7 Å². The zero-order valence-corrected chi connectivity index (χ0v) is 17.9. The molecule has 0 saturated heterocycles. The number of fused-ring (bicyclic) bond motifs is 1. The number of amides is 2. The minimum Gasteiger partial charge on any atom is -0.372 e. The summed E-state index contributed by atoms with van der Waals surface area (Å²) in [5, 5.41) is 0.796. The van der Waals surface area contributed by atoms with Crippen LogP contribution in [0.15, 0.2) is 41.3 Å². The minimum absolute atomic E-state index is 0.0176. The topological polar surface area (TPSA) is 132 Å². The molecule has 0 spiro atoms. The van der Waals surface area contributed by atoms with Gasteiger partial charge in [0.1, 0.15) is 5.56 Å². The highest BCUT2D eigenvalue weighted by atomic mass is 16.2. The second-order valence-electron chi connectivity index (χ2n) is 7.77. The molecule has 4 rings (SSSR count). The number of H-pyrrole nitrogens is 1. The first-order chi connectivity index (χ1) is 14.9. The van der Waals surface area contributed by atoms with Crippen molar-refractivity contribution in [1.82, 2.24) is 9.97 Å². The number of primary amides is 2. The van der Waals surface area contributed by atoms with Crippen LogP contribution in [0.2, 0.25) is 0 Å². The van der Waals surface area contributed by atoms with E-state index in [0.717, 1.165) is 40.6 Å². The van der Waals surface area contributed by atoms with E-state index in [1.54, 1.807) is 6.07 Å². The van der Waals surface area contributed by atoms with Gasteiger partial charge in [-0.05, 0) is 54.7 Å². The van der Waals surface area contributed by atoms with Gasteiger partial charge < -0.3 is 16.5 Å². The van der Waals surface area contributed by atoms with Crippen LogP contribution < -0.4 is 17.0 Å². The van der Waals surface area contributed by atoms with Crippen molar-refractivity contribution in [3.63, 3.8) is 0 Å². The van der Waals surface area contributed by atoms with Crippen LogP contribution in [-0.2, 0) is 4.79 Å². The van der Waals surface area contributed by atoms with E-state index in [0.29, 0.717) is 11.8 Å². The van der Waals surface area contributed by atoms with Gasteiger partial charge in [0.2, 0.25) is 6.41 Å². The summed E-state index contributed by atoms with van der Waals surface area (Å²) in [5.74, 6) is 0.254. The Morgan fingerprint density at radius 1 is 1.23 bits per heavy atom. The number of carbonyl (C=O) groups excluding carboxylic acids is 2. The molecule has 0 unspecified atom stereocenters. The summed E-state index contributed by atoms with van der Waals surface area (Å²) < 4.78 is 0. The van der Waals surface area contributed by atoms with Crippen molar-refractivity contribution in [2.75, 3.05) is 0 Å². The molecule has 2 heterocycles. The van der Waals surface area contributed by atoms with Crippen molar-refractivity contribution < 1.29 is 9.59 Å². The highest BCUT2D eigenvalue weighted by molar-refractivity contribution is 6.00. The largest absolute Gasteiger partial charge is 0.372 e. The molecular weight excluding hydrogens is 392 g/mol. The number of hydrogen-bond donors (Lipinski definition) is 3. The van der Waals surface area contributed by atoms with Crippen LogP contribution in [0.5, 0.6) is 0 Å². The summed E-state index contributed by atoms with van der Waals surface area (Å²) in [6.07, 6.45) is 6.60. The predicted octanol–water partition coefficient (Wildman–Crippen LogP) is 3.57. The smallest absolute Gasteiger partial charge is 0.261 e. The Morgan fingerprint density at radius 3 is 2.42 bits per heavy atom. The fourth-order valence-corrected chi connectivity index (χ4v) is 4.03. The Bertz CT molecular complexity index is 1140. The van der Waals surface area contributed by atoms with Gasteiger partial charge in [-0.15, -0.1) is 0 Å². The molecule has 0 atom stereocenters.